The molecular formula is C22H39IN4O. The van der Waals surface area contributed by atoms with Crippen LogP contribution in [0.25, 0.3) is 0 Å². The predicted octanol–water partition coefficient (Wildman–Crippen LogP) is 4.24. The number of halogens is 1. The number of nitrogens with one attached hydrogen (secondary N) is 2. The van der Waals surface area contributed by atoms with Crippen molar-refractivity contribution in [2.24, 2.45) is 4.99 Å². The van der Waals surface area contributed by atoms with Crippen LogP contribution in [0.4, 0.5) is 0 Å². The molecule has 0 amide bonds. The second kappa shape index (κ2) is 14.0. The average molecular weight is 502 g/mol. The van der Waals surface area contributed by atoms with E-state index in [4.69, 9.17) is 9.73 Å². The monoisotopic (exact) mass is 502 g/mol. The zero-order valence-corrected chi connectivity index (χ0v) is 20.4. The van der Waals surface area contributed by atoms with Gasteiger partial charge in [-0.15, -0.1) is 24.0 Å². The van der Waals surface area contributed by atoms with Crippen LogP contribution < -0.4 is 15.4 Å². The molecule has 28 heavy (non-hydrogen) atoms. The fourth-order valence-corrected chi connectivity index (χ4v) is 3.60. The first kappa shape index (κ1) is 25.0. The molecule has 1 atom stereocenters. The van der Waals surface area contributed by atoms with E-state index in [2.05, 4.69) is 48.4 Å². The molecule has 160 valence electrons. The molecule has 1 aliphatic rings. The van der Waals surface area contributed by atoms with Crippen LogP contribution in [0.5, 0.6) is 5.75 Å². The highest BCUT2D eigenvalue weighted by atomic mass is 127. The van der Waals surface area contributed by atoms with Crippen LogP contribution in [0.2, 0.25) is 0 Å². The molecule has 0 saturated carbocycles. The summed E-state index contributed by atoms with van der Waals surface area (Å²) in [7, 11) is 1.70. The Morgan fingerprint density at radius 2 is 1.89 bits per heavy atom. The maximum absolute atomic E-state index is 5.24. The SMILES string of the molecule is CCCN1CCC(NC(=NCCC(C)c2ccc(OC)cc2)NCC)CC1.I. The number of ether oxygens (including phenoxy) is 1. The van der Waals surface area contributed by atoms with Crippen molar-refractivity contribution in [3.8, 4) is 5.75 Å². The van der Waals surface area contributed by atoms with Crippen LogP contribution >= 0.6 is 24.0 Å². The molecule has 6 heteroatoms. The molecule has 0 aliphatic carbocycles. The Morgan fingerprint density at radius 3 is 2.46 bits per heavy atom. The maximum Gasteiger partial charge on any atom is 0.191 e. The molecule has 0 radical (unpaired) electrons. The number of aliphatic imine (C=N–C) groups is 1. The number of nitrogens with zero attached hydrogens (tertiary/aromatic N) is 2. The lowest BCUT2D eigenvalue weighted by Gasteiger charge is -2.32. The third-order valence-electron chi connectivity index (χ3n) is 5.33. The summed E-state index contributed by atoms with van der Waals surface area (Å²) < 4.78 is 5.24. The van der Waals surface area contributed by atoms with Gasteiger partial charge in [-0.2, -0.15) is 0 Å². The zero-order chi connectivity index (χ0) is 19.5. The largest absolute Gasteiger partial charge is 0.497 e. The Labute approximate surface area is 188 Å². The number of piperidine rings is 1. The summed E-state index contributed by atoms with van der Waals surface area (Å²) in [6.45, 7) is 12.0. The molecule has 5 nitrogen and oxygen atoms in total. The Kier molecular flexibility index (Phi) is 12.5. The van der Waals surface area contributed by atoms with Gasteiger partial charge >= 0.3 is 0 Å². The molecule has 1 aliphatic heterocycles. The number of guanidine groups is 1. The number of benzene rings is 1. The van der Waals surface area contributed by atoms with Gasteiger partial charge in [0.25, 0.3) is 0 Å². The summed E-state index contributed by atoms with van der Waals surface area (Å²) in [5.41, 5.74) is 1.34. The average Bonchev–Trinajstić information content (AvgIpc) is 2.70. The highest BCUT2D eigenvalue weighted by molar-refractivity contribution is 14.0. The third-order valence-corrected chi connectivity index (χ3v) is 5.33. The number of rotatable bonds is 9. The maximum atomic E-state index is 5.24. The van der Waals surface area contributed by atoms with E-state index in [1.54, 1.807) is 7.11 Å². The molecule has 1 unspecified atom stereocenters. The van der Waals surface area contributed by atoms with E-state index in [1.807, 2.05) is 12.1 Å². The van der Waals surface area contributed by atoms with Crippen LogP contribution in [-0.4, -0.2) is 56.7 Å². The van der Waals surface area contributed by atoms with Gasteiger partial charge in [-0.3, -0.25) is 4.99 Å². The van der Waals surface area contributed by atoms with Crippen molar-refractivity contribution < 1.29 is 4.74 Å². The first-order valence-electron chi connectivity index (χ1n) is 10.6. The molecule has 1 aromatic carbocycles. The Hall–Kier alpha value is -1.02. The van der Waals surface area contributed by atoms with Crippen LogP contribution in [0.15, 0.2) is 29.3 Å². The summed E-state index contributed by atoms with van der Waals surface area (Å²) in [5, 5.41) is 7.05. The van der Waals surface area contributed by atoms with Crippen molar-refractivity contribution in [1.29, 1.82) is 0 Å². The predicted molar refractivity (Wildman–Crippen MR) is 130 cm³/mol. The highest BCUT2D eigenvalue weighted by Crippen LogP contribution is 2.21. The van der Waals surface area contributed by atoms with Crippen LogP contribution in [-0.2, 0) is 0 Å². The molecule has 0 spiro atoms. The minimum Gasteiger partial charge on any atom is -0.497 e. The van der Waals surface area contributed by atoms with Crippen LogP contribution in [0, 0.1) is 0 Å². The smallest absolute Gasteiger partial charge is 0.191 e. The lowest BCUT2D eigenvalue weighted by Crippen LogP contribution is -2.48. The second-order valence-corrected chi connectivity index (χ2v) is 7.48. The molecule has 1 fully saturated rings. The van der Waals surface area contributed by atoms with Gasteiger partial charge in [-0.05, 0) is 62.8 Å². The number of hydrogen-bond acceptors (Lipinski definition) is 3. The van der Waals surface area contributed by atoms with E-state index in [-0.39, 0.29) is 24.0 Å². The molecule has 2 rings (SSSR count). The van der Waals surface area contributed by atoms with E-state index in [1.165, 1.54) is 44.5 Å². The fourth-order valence-electron chi connectivity index (χ4n) is 3.60. The summed E-state index contributed by atoms with van der Waals surface area (Å²) in [6, 6.07) is 8.91. The standard InChI is InChI=1S/C22H38N4O.HI/c1-5-15-26-16-12-20(13-17-26)25-22(23-6-2)24-14-11-18(3)19-7-9-21(27-4)10-8-19;/h7-10,18,20H,5-6,11-17H2,1-4H3,(H2,23,24,25);1H. The van der Waals surface area contributed by atoms with Crippen molar-refractivity contribution in [2.75, 3.05) is 39.8 Å². The van der Waals surface area contributed by atoms with E-state index < -0.39 is 0 Å². The molecule has 1 heterocycles. The van der Waals surface area contributed by atoms with Gasteiger partial charge in [-0.25, -0.2) is 0 Å². The number of methoxy groups -OCH3 is 1. The summed E-state index contributed by atoms with van der Waals surface area (Å²) >= 11 is 0. The topological polar surface area (TPSA) is 48.9 Å². The zero-order valence-electron chi connectivity index (χ0n) is 18.0. The number of hydrogen-bond donors (Lipinski definition) is 2. The Bertz CT molecular complexity index is 556. The van der Waals surface area contributed by atoms with Gasteiger partial charge < -0.3 is 20.3 Å². The van der Waals surface area contributed by atoms with E-state index in [9.17, 15) is 0 Å². The first-order chi connectivity index (χ1) is 13.2. The van der Waals surface area contributed by atoms with Gasteiger partial charge in [0.15, 0.2) is 5.96 Å². The molecule has 1 aromatic rings. The summed E-state index contributed by atoms with van der Waals surface area (Å²) in [4.78, 5) is 7.39. The van der Waals surface area contributed by atoms with Crippen molar-refractivity contribution in [3.05, 3.63) is 29.8 Å². The van der Waals surface area contributed by atoms with Gasteiger partial charge in [0, 0.05) is 32.2 Å². The van der Waals surface area contributed by atoms with Gasteiger partial charge in [0.2, 0.25) is 0 Å². The normalized spacial score (nSPS) is 16.9. The van der Waals surface area contributed by atoms with Crippen LogP contribution in [0.3, 0.4) is 0 Å². The van der Waals surface area contributed by atoms with Gasteiger partial charge in [-0.1, -0.05) is 26.0 Å². The lowest BCUT2D eigenvalue weighted by molar-refractivity contribution is 0.206. The second-order valence-electron chi connectivity index (χ2n) is 7.48. The van der Waals surface area contributed by atoms with E-state index >= 15 is 0 Å². The Balaban J connectivity index is 0.00000392. The van der Waals surface area contributed by atoms with Crippen molar-refractivity contribution in [1.82, 2.24) is 15.5 Å². The minimum absolute atomic E-state index is 0. The lowest BCUT2D eigenvalue weighted by atomic mass is 9.98. The molecule has 0 bridgehead atoms. The fraction of sp³-hybridized carbons (Fsp3) is 0.682. The summed E-state index contributed by atoms with van der Waals surface area (Å²) in [5.74, 6) is 2.36. The molecule has 1 saturated heterocycles. The molecular weight excluding hydrogens is 463 g/mol. The van der Waals surface area contributed by atoms with Crippen LogP contribution in [0.1, 0.15) is 57.9 Å². The highest BCUT2D eigenvalue weighted by Gasteiger charge is 2.19. The van der Waals surface area contributed by atoms with E-state index in [0.717, 1.165) is 31.2 Å². The first-order valence-corrected chi connectivity index (χ1v) is 10.6. The Morgan fingerprint density at radius 1 is 1.21 bits per heavy atom. The van der Waals surface area contributed by atoms with Crippen molar-refractivity contribution in [3.63, 3.8) is 0 Å². The molecule has 0 aromatic heterocycles. The van der Waals surface area contributed by atoms with Crippen molar-refractivity contribution >= 4 is 29.9 Å². The third kappa shape index (κ3) is 8.55. The quantitative estimate of drug-likeness (QED) is 0.302. The summed E-state index contributed by atoms with van der Waals surface area (Å²) in [6.07, 6.45) is 4.69. The van der Waals surface area contributed by atoms with Gasteiger partial charge in [0.1, 0.15) is 5.75 Å². The van der Waals surface area contributed by atoms with Gasteiger partial charge in [0.05, 0.1) is 7.11 Å². The van der Waals surface area contributed by atoms with Crippen molar-refractivity contribution in [2.45, 2.75) is 58.4 Å². The molecule has 2 N–H and O–H groups in total. The number of likely N-dealkylation sites (tertiary alicyclic amines) is 1. The van der Waals surface area contributed by atoms with E-state index in [0.29, 0.717) is 12.0 Å². The minimum atomic E-state index is 0.